The van der Waals surface area contributed by atoms with Gasteiger partial charge in [0, 0.05) is 56.3 Å². The largest absolute Gasteiger partial charge is 0.497 e. The molecule has 0 spiro atoms. The Kier molecular flexibility index (Phi) is 9.71. The Morgan fingerprint density at radius 2 is 2.08 bits per heavy atom. The monoisotopic (exact) mass is 490 g/mol. The molecule has 0 bridgehead atoms. The Morgan fingerprint density at radius 3 is 2.65 bits per heavy atom. The van der Waals surface area contributed by atoms with E-state index in [0.29, 0.717) is 6.54 Å². The van der Waals surface area contributed by atoms with Gasteiger partial charge >= 0.3 is 0 Å². The second-order valence-electron chi connectivity index (χ2n) is 5.62. The van der Waals surface area contributed by atoms with Crippen LogP contribution in [0.1, 0.15) is 15.4 Å². The molecular weight excluding hydrogens is 463 g/mol. The molecule has 0 saturated carbocycles. The maximum atomic E-state index is 5.47. The van der Waals surface area contributed by atoms with Crippen molar-refractivity contribution >= 4 is 41.3 Å². The van der Waals surface area contributed by atoms with Gasteiger partial charge in [-0.05, 0) is 19.1 Å². The van der Waals surface area contributed by atoms with Gasteiger partial charge in [-0.1, -0.05) is 0 Å². The summed E-state index contributed by atoms with van der Waals surface area (Å²) in [6.07, 6.45) is 2.80. The minimum Gasteiger partial charge on any atom is -0.497 e. The second-order valence-corrected chi connectivity index (χ2v) is 6.94. The fourth-order valence-electron chi connectivity index (χ4n) is 2.50. The van der Waals surface area contributed by atoms with Crippen LogP contribution in [0.4, 0.5) is 0 Å². The van der Waals surface area contributed by atoms with Crippen LogP contribution in [0, 0.1) is 6.92 Å². The summed E-state index contributed by atoms with van der Waals surface area (Å²) in [7, 11) is 7.11. The van der Waals surface area contributed by atoms with Crippen LogP contribution in [0.2, 0.25) is 0 Å². The molecule has 0 aliphatic heterocycles. The van der Waals surface area contributed by atoms with Crippen LogP contribution in [-0.4, -0.2) is 50.7 Å². The van der Waals surface area contributed by atoms with E-state index in [2.05, 4.69) is 27.1 Å². The minimum absolute atomic E-state index is 0. The van der Waals surface area contributed by atoms with Crippen molar-refractivity contribution in [1.29, 1.82) is 0 Å². The molecule has 0 aliphatic carbocycles. The second kappa shape index (κ2) is 11.2. The number of ether oxygens (including phenoxy) is 2. The molecule has 0 unspecified atom stereocenters. The van der Waals surface area contributed by atoms with Gasteiger partial charge < -0.3 is 19.7 Å². The van der Waals surface area contributed by atoms with Crippen LogP contribution in [0.3, 0.4) is 0 Å². The zero-order valence-electron chi connectivity index (χ0n) is 15.9. The lowest BCUT2D eigenvalue weighted by Gasteiger charge is -2.23. The molecule has 0 aliphatic rings. The van der Waals surface area contributed by atoms with E-state index in [1.54, 1.807) is 32.6 Å². The van der Waals surface area contributed by atoms with Gasteiger partial charge in [-0.25, -0.2) is 4.98 Å². The SMILES string of the molecule is CN=C(NCCc1ncc(C)s1)N(C)Cc1ccc(OC)cc1OC.I. The molecule has 2 rings (SSSR count). The summed E-state index contributed by atoms with van der Waals surface area (Å²) in [6, 6.07) is 5.84. The van der Waals surface area contributed by atoms with E-state index in [-0.39, 0.29) is 24.0 Å². The standard InChI is InChI=1S/C18H26N4O2S.HI/c1-13-11-21-17(25-13)8-9-20-18(19-2)22(3)12-14-6-7-15(23-4)10-16(14)24-5;/h6-7,10-11H,8-9,12H2,1-5H3,(H,19,20);1H. The summed E-state index contributed by atoms with van der Waals surface area (Å²) >= 11 is 1.73. The topological polar surface area (TPSA) is 59.0 Å². The lowest BCUT2D eigenvalue weighted by atomic mass is 10.2. The van der Waals surface area contributed by atoms with Crippen molar-refractivity contribution < 1.29 is 9.47 Å². The summed E-state index contributed by atoms with van der Waals surface area (Å²) < 4.78 is 10.7. The normalized spacial score (nSPS) is 10.9. The van der Waals surface area contributed by atoms with Crippen LogP contribution in [0.25, 0.3) is 0 Å². The third-order valence-corrected chi connectivity index (χ3v) is 4.74. The first-order chi connectivity index (χ1) is 12.1. The number of nitrogens with one attached hydrogen (secondary N) is 1. The molecule has 6 nitrogen and oxygen atoms in total. The van der Waals surface area contributed by atoms with Crippen LogP contribution in [0.5, 0.6) is 11.5 Å². The van der Waals surface area contributed by atoms with Gasteiger partial charge in [0.1, 0.15) is 11.5 Å². The maximum Gasteiger partial charge on any atom is 0.193 e. The van der Waals surface area contributed by atoms with Gasteiger partial charge in [0.15, 0.2) is 5.96 Å². The number of rotatable bonds is 7. The van der Waals surface area contributed by atoms with E-state index in [1.807, 2.05) is 31.4 Å². The summed E-state index contributed by atoms with van der Waals surface area (Å²) in [6.45, 7) is 3.55. The Bertz CT molecular complexity index is 721. The highest BCUT2D eigenvalue weighted by Gasteiger charge is 2.11. The molecule has 1 aromatic heterocycles. The van der Waals surface area contributed by atoms with Crippen molar-refractivity contribution in [3.8, 4) is 11.5 Å². The van der Waals surface area contributed by atoms with Gasteiger partial charge in [-0.3, -0.25) is 4.99 Å². The molecule has 0 fully saturated rings. The van der Waals surface area contributed by atoms with E-state index < -0.39 is 0 Å². The molecule has 0 atom stereocenters. The number of nitrogens with zero attached hydrogens (tertiary/aromatic N) is 3. The Morgan fingerprint density at radius 1 is 1.31 bits per heavy atom. The number of benzene rings is 1. The number of thiazole rings is 1. The molecule has 0 radical (unpaired) electrons. The quantitative estimate of drug-likeness (QED) is 0.367. The van der Waals surface area contributed by atoms with Crippen LogP contribution in [0.15, 0.2) is 29.4 Å². The molecule has 0 saturated heterocycles. The predicted molar refractivity (Wildman–Crippen MR) is 118 cm³/mol. The summed E-state index contributed by atoms with van der Waals surface area (Å²) in [5.41, 5.74) is 1.07. The summed E-state index contributed by atoms with van der Waals surface area (Å²) in [5.74, 6) is 2.43. The van der Waals surface area contributed by atoms with E-state index in [1.165, 1.54) is 4.88 Å². The highest BCUT2D eigenvalue weighted by molar-refractivity contribution is 14.0. The first-order valence-electron chi connectivity index (χ1n) is 8.11. The van der Waals surface area contributed by atoms with E-state index in [0.717, 1.165) is 41.0 Å². The van der Waals surface area contributed by atoms with Crippen LogP contribution < -0.4 is 14.8 Å². The van der Waals surface area contributed by atoms with Crippen molar-refractivity contribution in [2.24, 2.45) is 4.99 Å². The molecule has 8 heteroatoms. The van der Waals surface area contributed by atoms with Crippen molar-refractivity contribution in [3.63, 3.8) is 0 Å². The molecule has 0 amide bonds. The Hall–Kier alpha value is -1.55. The zero-order chi connectivity index (χ0) is 18.2. The predicted octanol–water partition coefficient (Wildman–Crippen LogP) is 3.34. The molecule has 26 heavy (non-hydrogen) atoms. The fraction of sp³-hybridized carbons (Fsp3) is 0.444. The minimum atomic E-state index is 0. The Balaban J connectivity index is 0.00000338. The highest BCUT2D eigenvalue weighted by Crippen LogP contribution is 2.25. The molecular formula is C18H27IN4O2S. The zero-order valence-corrected chi connectivity index (χ0v) is 19.1. The number of aryl methyl sites for hydroxylation is 1. The molecule has 1 aromatic carbocycles. The molecule has 1 heterocycles. The smallest absolute Gasteiger partial charge is 0.193 e. The molecule has 1 N–H and O–H groups in total. The molecule has 2 aromatic rings. The Labute approximate surface area is 176 Å². The van der Waals surface area contributed by atoms with Gasteiger partial charge in [-0.15, -0.1) is 35.3 Å². The first-order valence-corrected chi connectivity index (χ1v) is 8.93. The average molecular weight is 490 g/mol. The number of aliphatic imine (C=N–C) groups is 1. The van der Waals surface area contributed by atoms with Crippen molar-refractivity contribution in [2.45, 2.75) is 19.9 Å². The summed E-state index contributed by atoms with van der Waals surface area (Å²) in [4.78, 5) is 12.1. The maximum absolute atomic E-state index is 5.47. The van der Waals surface area contributed by atoms with Crippen LogP contribution in [-0.2, 0) is 13.0 Å². The van der Waals surface area contributed by atoms with E-state index >= 15 is 0 Å². The lowest BCUT2D eigenvalue weighted by molar-refractivity contribution is 0.382. The van der Waals surface area contributed by atoms with Gasteiger partial charge in [-0.2, -0.15) is 0 Å². The highest BCUT2D eigenvalue weighted by atomic mass is 127. The average Bonchev–Trinajstić information content (AvgIpc) is 3.04. The number of guanidine groups is 1. The number of hydrogen-bond donors (Lipinski definition) is 1. The van der Waals surface area contributed by atoms with Gasteiger partial charge in [0.2, 0.25) is 0 Å². The van der Waals surface area contributed by atoms with Gasteiger partial charge in [0.25, 0.3) is 0 Å². The molecule has 144 valence electrons. The lowest BCUT2D eigenvalue weighted by Crippen LogP contribution is -2.39. The van der Waals surface area contributed by atoms with Crippen molar-refractivity contribution in [2.75, 3.05) is 34.9 Å². The van der Waals surface area contributed by atoms with E-state index in [9.17, 15) is 0 Å². The third kappa shape index (κ3) is 6.31. The number of methoxy groups -OCH3 is 2. The number of halogens is 1. The van der Waals surface area contributed by atoms with Crippen LogP contribution >= 0.6 is 35.3 Å². The third-order valence-electron chi connectivity index (χ3n) is 3.77. The summed E-state index contributed by atoms with van der Waals surface area (Å²) in [5, 5.41) is 4.52. The van der Waals surface area contributed by atoms with Crippen molar-refractivity contribution in [1.82, 2.24) is 15.2 Å². The van der Waals surface area contributed by atoms with Crippen molar-refractivity contribution in [3.05, 3.63) is 39.8 Å². The first kappa shape index (κ1) is 22.5. The number of aromatic nitrogens is 1. The number of hydrogen-bond acceptors (Lipinski definition) is 5. The van der Waals surface area contributed by atoms with E-state index in [4.69, 9.17) is 9.47 Å². The fourth-order valence-corrected chi connectivity index (χ4v) is 3.28. The van der Waals surface area contributed by atoms with Gasteiger partial charge in [0.05, 0.1) is 19.2 Å².